The maximum absolute atomic E-state index is 9.99. The van der Waals surface area contributed by atoms with Gasteiger partial charge in [-0.3, -0.25) is 0 Å². The molecule has 1 aromatic heterocycles. The number of carbonyl (C=O) groups excluding carboxylic acids is 1. The zero-order chi connectivity index (χ0) is 9.52. The molecule has 0 atom stereocenters. The maximum Gasteiger partial charge on any atom is 0.316 e. The van der Waals surface area contributed by atoms with E-state index in [1.807, 2.05) is 0 Å². The Hall–Kier alpha value is -1.71. The molecule has 4 nitrogen and oxygen atoms in total. The van der Waals surface area contributed by atoms with Crippen LogP contribution < -0.4 is 4.74 Å². The topological polar surface area (TPSA) is 52.1 Å². The highest BCUT2D eigenvalue weighted by molar-refractivity contribution is 5.57. The van der Waals surface area contributed by atoms with Crippen LogP contribution in [0.4, 0.5) is 0 Å². The van der Waals surface area contributed by atoms with Crippen LogP contribution in [0.25, 0.3) is 6.08 Å². The highest BCUT2D eigenvalue weighted by atomic mass is 16.5. The fourth-order valence-corrected chi connectivity index (χ4v) is 0.777. The van der Waals surface area contributed by atoms with Crippen molar-refractivity contribution in [2.24, 2.45) is 0 Å². The van der Waals surface area contributed by atoms with Gasteiger partial charge in [0.2, 0.25) is 0 Å². The molecule has 1 aromatic rings. The SMILES string of the molecule is COc1ncc(C=CCC=O)cn1. The van der Waals surface area contributed by atoms with Crippen LogP contribution in [0.15, 0.2) is 18.5 Å². The first-order chi connectivity index (χ1) is 6.36. The van der Waals surface area contributed by atoms with Crippen LogP contribution >= 0.6 is 0 Å². The molecule has 0 saturated carbocycles. The van der Waals surface area contributed by atoms with Crippen LogP contribution in [0, 0.1) is 0 Å². The summed E-state index contributed by atoms with van der Waals surface area (Å²) in [5.41, 5.74) is 0.850. The number of ether oxygens (including phenoxy) is 1. The van der Waals surface area contributed by atoms with Gasteiger partial charge in [0.15, 0.2) is 0 Å². The average Bonchev–Trinajstić information content (AvgIpc) is 2.19. The lowest BCUT2D eigenvalue weighted by molar-refractivity contribution is -0.107. The molecule has 0 radical (unpaired) electrons. The van der Waals surface area contributed by atoms with Gasteiger partial charge in [-0.25, -0.2) is 9.97 Å². The van der Waals surface area contributed by atoms with Crippen molar-refractivity contribution in [1.29, 1.82) is 0 Å². The number of aldehydes is 1. The molecule has 0 fully saturated rings. The van der Waals surface area contributed by atoms with Gasteiger partial charge in [-0.2, -0.15) is 0 Å². The predicted octanol–water partition coefficient (Wildman–Crippen LogP) is 1.09. The summed E-state index contributed by atoms with van der Waals surface area (Å²) in [6.45, 7) is 0. The minimum Gasteiger partial charge on any atom is -0.467 e. The van der Waals surface area contributed by atoms with Crippen LogP contribution in [0.5, 0.6) is 6.01 Å². The molecule has 0 saturated heterocycles. The number of nitrogens with zero attached hydrogens (tertiary/aromatic N) is 2. The monoisotopic (exact) mass is 178 g/mol. The molecule has 13 heavy (non-hydrogen) atoms. The van der Waals surface area contributed by atoms with Gasteiger partial charge >= 0.3 is 6.01 Å². The molecule has 0 spiro atoms. The zero-order valence-electron chi connectivity index (χ0n) is 7.30. The first kappa shape index (κ1) is 9.38. The smallest absolute Gasteiger partial charge is 0.316 e. The Bertz CT molecular complexity index is 293. The number of rotatable bonds is 4. The third-order valence-electron chi connectivity index (χ3n) is 1.37. The van der Waals surface area contributed by atoms with E-state index in [0.717, 1.165) is 11.8 Å². The normalized spacial score (nSPS) is 10.2. The van der Waals surface area contributed by atoms with Gasteiger partial charge in [-0.05, 0) is 0 Å². The van der Waals surface area contributed by atoms with Crippen molar-refractivity contribution in [3.05, 3.63) is 24.0 Å². The lowest BCUT2D eigenvalue weighted by Gasteiger charge is -1.95. The summed E-state index contributed by atoms with van der Waals surface area (Å²) in [5.74, 6) is 0. The lowest BCUT2D eigenvalue weighted by atomic mass is 10.3. The molecular weight excluding hydrogens is 168 g/mol. The van der Waals surface area contributed by atoms with Gasteiger partial charge in [0.25, 0.3) is 0 Å². The standard InChI is InChI=1S/C9H10N2O2/c1-13-9-10-6-8(7-11-9)4-2-3-5-12/h2,4-7H,3H2,1H3. The Morgan fingerprint density at radius 1 is 1.46 bits per heavy atom. The number of allylic oxidation sites excluding steroid dienone is 1. The Kier molecular flexibility index (Phi) is 3.63. The molecule has 0 aliphatic rings. The van der Waals surface area contributed by atoms with Crippen LogP contribution in [0.1, 0.15) is 12.0 Å². The summed E-state index contributed by atoms with van der Waals surface area (Å²) in [5, 5.41) is 0. The Balaban J connectivity index is 2.63. The fraction of sp³-hybridized carbons (Fsp3) is 0.222. The molecule has 1 heterocycles. The van der Waals surface area contributed by atoms with E-state index in [2.05, 4.69) is 9.97 Å². The average molecular weight is 178 g/mol. The summed E-state index contributed by atoms with van der Waals surface area (Å²) in [4.78, 5) is 17.8. The van der Waals surface area contributed by atoms with Gasteiger partial charge in [-0.15, -0.1) is 0 Å². The van der Waals surface area contributed by atoms with Crippen LogP contribution in [-0.2, 0) is 4.79 Å². The molecule has 0 aromatic carbocycles. The lowest BCUT2D eigenvalue weighted by Crippen LogP contribution is -1.90. The second kappa shape index (κ2) is 5.03. The van der Waals surface area contributed by atoms with Gasteiger partial charge < -0.3 is 9.53 Å². The van der Waals surface area contributed by atoms with Crippen molar-refractivity contribution in [2.75, 3.05) is 7.11 Å². The number of hydrogen-bond acceptors (Lipinski definition) is 4. The van der Waals surface area contributed by atoms with Gasteiger partial charge in [0.1, 0.15) is 6.29 Å². The van der Waals surface area contributed by atoms with E-state index in [1.54, 1.807) is 24.5 Å². The molecule has 0 unspecified atom stereocenters. The Labute approximate surface area is 76.3 Å². The first-order valence-corrected chi connectivity index (χ1v) is 3.83. The highest BCUT2D eigenvalue weighted by Gasteiger charge is 1.92. The molecule has 0 aliphatic heterocycles. The molecule has 0 aliphatic carbocycles. The molecule has 0 bridgehead atoms. The minimum absolute atomic E-state index is 0.340. The quantitative estimate of drug-likeness (QED) is 0.647. The van der Waals surface area contributed by atoms with E-state index in [1.165, 1.54) is 7.11 Å². The van der Waals surface area contributed by atoms with Crippen LogP contribution in [0.2, 0.25) is 0 Å². The van der Waals surface area contributed by atoms with Crippen molar-refractivity contribution in [2.45, 2.75) is 6.42 Å². The summed E-state index contributed by atoms with van der Waals surface area (Å²) in [6, 6.07) is 0.340. The second-order valence-corrected chi connectivity index (χ2v) is 2.31. The second-order valence-electron chi connectivity index (χ2n) is 2.31. The van der Waals surface area contributed by atoms with E-state index in [9.17, 15) is 4.79 Å². The molecular formula is C9H10N2O2. The third kappa shape index (κ3) is 3.02. The first-order valence-electron chi connectivity index (χ1n) is 3.83. The maximum atomic E-state index is 9.99. The largest absolute Gasteiger partial charge is 0.467 e. The van der Waals surface area contributed by atoms with E-state index in [-0.39, 0.29) is 0 Å². The van der Waals surface area contributed by atoms with Crippen molar-refractivity contribution in [3.63, 3.8) is 0 Å². The molecule has 4 heteroatoms. The minimum atomic E-state index is 0.340. The molecule has 0 N–H and O–H groups in total. The Morgan fingerprint density at radius 3 is 2.69 bits per heavy atom. The zero-order valence-corrected chi connectivity index (χ0v) is 7.30. The van der Waals surface area contributed by atoms with Crippen molar-refractivity contribution >= 4 is 12.4 Å². The van der Waals surface area contributed by atoms with E-state index in [4.69, 9.17) is 4.74 Å². The highest BCUT2D eigenvalue weighted by Crippen LogP contribution is 2.03. The summed E-state index contributed by atoms with van der Waals surface area (Å²) in [6.07, 6.45) is 8.04. The number of hydrogen-bond donors (Lipinski definition) is 0. The van der Waals surface area contributed by atoms with Crippen LogP contribution in [0.3, 0.4) is 0 Å². The van der Waals surface area contributed by atoms with Crippen molar-refractivity contribution < 1.29 is 9.53 Å². The van der Waals surface area contributed by atoms with Crippen molar-refractivity contribution in [1.82, 2.24) is 9.97 Å². The Morgan fingerprint density at radius 2 is 2.15 bits per heavy atom. The summed E-state index contributed by atoms with van der Waals surface area (Å²) < 4.78 is 4.79. The number of aromatic nitrogens is 2. The van der Waals surface area contributed by atoms with Gasteiger partial charge in [-0.1, -0.05) is 12.2 Å². The summed E-state index contributed by atoms with van der Waals surface area (Å²) >= 11 is 0. The number of carbonyl (C=O) groups is 1. The van der Waals surface area contributed by atoms with E-state index in [0.29, 0.717) is 12.4 Å². The van der Waals surface area contributed by atoms with Gasteiger partial charge in [0.05, 0.1) is 7.11 Å². The van der Waals surface area contributed by atoms with E-state index >= 15 is 0 Å². The summed E-state index contributed by atoms with van der Waals surface area (Å²) in [7, 11) is 1.51. The third-order valence-corrected chi connectivity index (χ3v) is 1.37. The van der Waals surface area contributed by atoms with Crippen LogP contribution in [-0.4, -0.2) is 23.4 Å². The van der Waals surface area contributed by atoms with Gasteiger partial charge in [0, 0.05) is 24.4 Å². The number of methoxy groups -OCH3 is 1. The van der Waals surface area contributed by atoms with Crippen molar-refractivity contribution in [3.8, 4) is 6.01 Å². The molecule has 1 rings (SSSR count). The van der Waals surface area contributed by atoms with E-state index < -0.39 is 0 Å². The predicted molar refractivity (Wildman–Crippen MR) is 48.3 cm³/mol. The molecule has 68 valence electrons. The molecule has 0 amide bonds. The fourth-order valence-electron chi connectivity index (χ4n) is 0.777.